The van der Waals surface area contributed by atoms with Crippen LogP contribution in [0.15, 0.2) is 48.7 Å². The highest BCUT2D eigenvalue weighted by atomic mass is 32.1. The minimum absolute atomic E-state index is 0.144. The number of aromatic nitrogens is 2. The van der Waals surface area contributed by atoms with Gasteiger partial charge in [0.25, 0.3) is 5.91 Å². The van der Waals surface area contributed by atoms with E-state index >= 15 is 0 Å². The number of rotatable bonds is 3. The van der Waals surface area contributed by atoms with Crippen LogP contribution >= 0.6 is 11.3 Å². The van der Waals surface area contributed by atoms with Crippen LogP contribution in [0.5, 0.6) is 0 Å². The van der Waals surface area contributed by atoms with Crippen LogP contribution in [0, 0.1) is 6.92 Å². The van der Waals surface area contributed by atoms with E-state index in [0.29, 0.717) is 6.54 Å². The SMILES string of the molecule is Cc1nc2ccc(CNC(=O)C3OC(C)(C)c4c3cnc3ccccc43)cc2s1. The molecule has 3 heterocycles. The van der Waals surface area contributed by atoms with E-state index in [4.69, 9.17) is 4.74 Å². The Balaban J connectivity index is 1.41. The molecule has 0 radical (unpaired) electrons. The van der Waals surface area contributed by atoms with Crippen molar-refractivity contribution in [1.29, 1.82) is 0 Å². The van der Waals surface area contributed by atoms with E-state index in [1.165, 1.54) is 0 Å². The summed E-state index contributed by atoms with van der Waals surface area (Å²) in [6.45, 7) is 6.46. The van der Waals surface area contributed by atoms with Gasteiger partial charge in [0.2, 0.25) is 0 Å². The molecule has 1 atom stereocenters. The molecule has 2 aromatic heterocycles. The summed E-state index contributed by atoms with van der Waals surface area (Å²) in [7, 11) is 0. The molecule has 2 aromatic carbocycles. The Morgan fingerprint density at radius 3 is 2.90 bits per heavy atom. The zero-order valence-electron chi connectivity index (χ0n) is 16.5. The molecule has 0 bridgehead atoms. The minimum atomic E-state index is -0.661. The van der Waals surface area contributed by atoms with E-state index in [9.17, 15) is 4.79 Å². The molecule has 0 saturated carbocycles. The van der Waals surface area contributed by atoms with Crippen molar-refractivity contribution < 1.29 is 9.53 Å². The average Bonchev–Trinajstić information content (AvgIpc) is 3.21. The van der Waals surface area contributed by atoms with Crippen molar-refractivity contribution in [1.82, 2.24) is 15.3 Å². The number of nitrogens with one attached hydrogen (secondary N) is 1. The summed E-state index contributed by atoms with van der Waals surface area (Å²) < 4.78 is 7.32. The molecule has 1 unspecified atom stereocenters. The molecule has 29 heavy (non-hydrogen) atoms. The number of nitrogens with zero attached hydrogens (tertiary/aromatic N) is 2. The fraction of sp³-hybridized carbons (Fsp3) is 0.261. The third-order valence-corrected chi connectivity index (χ3v) is 6.30. The zero-order chi connectivity index (χ0) is 20.2. The number of hydrogen-bond donors (Lipinski definition) is 1. The lowest BCUT2D eigenvalue weighted by Gasteiger charge is -2.21. The average molecular weight is 404 g/mol. The number of carbonyl (C=O) groups excluding carboxylic acids is 1. The van der Waals surface area contributed by atoms with Gasteiger partial charge < -0.3 is 10.1 Å². The van der Waals surface area contributed by atoms with Crippen molar-refractivity contribution in [3.8, 4) is 0 Å². The van der Waals surface area contributed by atoms with Crippen molar-refractivity contribution in [2.75, 3.05) is 0 Å². The van der Waals surface area contributed by atoms with Gasteiger partial charge in [-0.25, -0.2) is 4.98 Å². The number of hydrogen-bond acceptors (Lipinski definition) is 5. The van der Waals surface area contributed by atoms with Crippen molar-refractivity contribution in [2.24, 2.45) is 0 Å². The number of pyridine rings is 1. The number of ether oxygens (including phenoxy) is 1. The van der Waals surface area contributed by atoms with Gasteiger partial charge in [0, 0.05) is 29.3 Å². The van der Waals surface area contributed by atoms with Gasteiger partial charge in [-0.3, -0.25) is 9.78 Å². The summed E-state index contributed by atoms with van der Waals surface area (Å²) >= 11 is 1.66. The molecule has 6 heteroatoms. The molecule has 0 fully saturated rings. The van der Waals surface area contributed by atoms with Gasteiger partial charge in [-0.05, 0) is 44.5 Å². The molecule has 4 aromatic rings. The maximum atomic E-state index is 13.0. The standard InChI is InChI=1S/C23H21N3O2S/c1-13-26-18-9-8-14(10-19(18)29-13)11-25-22(27)21-16-12-24-17-7-5-4-6-15(17)20(16)23(2,3)28-21/h4-10,12,21H,11H2,1-3H3,(H,25,27). The summed E-state index contributed by atoms with van der Waals surface area (Å²) in [6.07, 6.45) is 1.12. The van der Waals surface area contributed by atoms with Crippen LogP contribution < -0.4 is 5.32 Å². The van der Waals surface area contributed by atoms with Crippen molar-refractivity contribution in [3.05, 3.63) is 70.4 Å². The van der Waals surface area contributed by atoms with E-state index in [1.807, 2.05) is 57.2 Å². The molecule has 1 aliphatic rings. The van der Waals surface area contributed by atoms with Gasteiger partial charge in [-0.1, -0.05) is 24.3 Å². The first-order valence-electron chi connectivity index (χ1n) is 9.62. The van der Waals surface area contributed by atoms with E-state index in [2.05, 4.69) is 21.4 Å². The number of benzene rings is 2. The normalized spacial score (nSPS) is 17.6. The maximum absolute atomic E-state index is 13.0. The number of fused-ring (bicyclic) bond motifs is 4. The summed E-state index contributed by atoms with van der Waals surface area (Å²) in [4.78, 5) is 22.0. The molecule has 5 rings (SSSR count). The Morgan fingerprint density at radius 1 is 1.21 bits per heavy atom. The lowest BCUT2D eigenvalue weighted by molar-refractivity contribution is -0.141. The Hall–Kier alpha value is -2.83. The van der Waals surface area contributed by atoms with Crippen molar-refractivity contribution >= 4 is 38.4 Å². The smallest absolute Gasteiger partial charge is 0.254 e. The van der Waals surface area contributed by atoms with E-state index in [-0.39, 0.29) is 5.91 Å². The van der Waals surface area contributed by atoms with Crippen LogP contribution in [0.1, 0.15) is 41.6 Å². The summed E-state index contributed by atoms with van der Waals surface area (Å²) in [6, 6.07) is 14.1. The number of para-hydroxylation sites is 1. The lowest BCUT2D eigenvalue weighted by atomic mass is 9.92. The first-order valence-corrected chi connectivity index (χ1v) is 10.4. The molecular weight excluding hydrogens is 382 g/mol. The molecule has 0 spiro atoms. The second-order valence-corrected chi connectivity index (χ2v) is 9.10. The van der Waals surface area contributed by atoms with Gasteiger partial charge in [0.05, 0.1) is 26.3 Å². The fourth-order valence-electron chi connectivity index (χ4n) is 4.12. The second kappa shape index (κ2) is 6.61. The monoisotopic (exact) mass is 403 g/mol. The molecule has 1 aliphatic heterocycles. The van der Waals surface area contributed by atoms with Gasteiger partial charge in [-0.15, -0.1) is 11.3 Å². The molecule has 0 saturated heterocycles. The van der Waals surface area contributed by atoms with Crippen LogP contribution in [0.4, 0.5) is 0 Å². The third kappa shape index (κ3) is 3.09. The number of amides is 1. The predicted octanol–water partition coefficient (Wildman–Crippen LogP) is 4.78. The lowest BCUT2D eigenvalue weighted by Crippen LogP contribution is -2.30. The molecular formula is C23H21N3O2S. The number of aryl methyl sites for hydroxylation is 1. The van der Waals surface area contributed by atoms with Gasteiger partial charge in [0.1, 0.15) is 0 Å². The molecule has 5 nitrogen and oxygen atoms in total. The Bertz CT molecular complexity index is 1260. The van der Waals surface area contributed by atoms with Gasteiger partial charge in [-0.2, -0.15) is 0 Å². The summed E-state index contributed by atoms with van der Waals surface area (Å²) in [5.41, 5.74) is 4.29. The van der Waals surface area contributed by atoms with E-state index in [1.54, 1.807) is 17.5 Å². The predicted molar refractivity (Wildman–Crippen MR) is 115 cm³/mol. The van der Waals surface area contributed by atoms with Crippen LogP contribution in [-0.4, -0.2) is 15.9 Å². The summed E-state index contributed by atoms with van der Waals surface area (Å²) in [5, 5.41) is 5.11. The topological polar surface area (TPSA) is 64.1 Å². The van der Waals surface area contributed by atoms with E-state index < -0.39 is 11.7 Å². The van der Waals surface area contributed by atoms with Crippen LogP contribution in [-0.2, 0) is 21.7 Å². The van der Waals surface area contributed by atoms with Crippen LogP contribution in [0.3, 0.4) is 0 Å². The van der Waals surface area contributed by atoms with Gasteiger partial charge >= 0.3 is 0 Å². The largest absolute Gasteiger partial charge is 0.353 e. The maximum Gasteiger partial charge on any atom is 0.254 e. The van der Waals surface area contributed by atoms with Crippen molar-refractivity contribution in [2.45, 2.75) is 39.0 Å². The number of carbonyl (C=O) groups is 1. The van der Waals surface area contributed by atoms with E-state index in [0.717, 1.165) is 42.8 Å². The third-order valence-electron chi connectivity index (χ3n) is 5.37. The molecule has 0 aliphatic carbocycles. The second-order valence-electron chi connectivity index (χ2n) is 7.87. The fourth-order valence-corrected chi connectivity index (χ4v) is 5.01. The molecule has 1 amide bonds. The Labute approximate surface area is 172 Å². The first-order chi connectivity index (χ1) is 13.9. The Morgan fingerprint density at radius 2 is 2.03 bits per heavy atom. The number of thiazole rings is 1. The highest BCUT2D eigenvalue weighted by Crippen LogP contribution is 2.45. The molecule has 146 valence electrons. The Kier molecular flexibility index (Phi) is 4.15. The molecule has 1 N–H and O–H groups in total. The quantitative estimate of drug-likeness (QED) is 0.535. The van der Waals surface area contributed by atoms with Crippen LogP contribution in [0.25, 0.3) is 21.1 Å². The van der Waals surface area contributed by atoms with Gasteiger partial charge in [0.15, 0.2) is 6.10 Å². The first kappa shape index (κ1) is 18.2. The zero-order valence-corrected chi connectivity index (χ0v) is 17.3. The summed E-state index contributed by atoms with van der Waals surface area (Å²) in [5.74, 6) is -0.144. The highest BCUT2D eigenvalue weighted by Gasteiger charge is 2.42. The van der Waals surface area contributed by atoms with Crippen molar-refractivity contribution in [3.63, 3.8) is 0 Å². The minimum Gasteiger partial charge on any atom is -0.353 e. The highest BCUT2D eigenvalue weighted by molar-refractivity contribution is 7.18. The van der Waals surface area contributed by atoms with Crippen LogP contribution in [0.2, 0.25) is 0 Å².